The zero-order chi connectivity index (χ0) is 18.6. The molecule has 0 unspecified atom stereocenters. The van der Waals surface area contributed by atoms with Crippen molar-refractivity contribution in [3.63, 3.8) is 0 Å². The maximum absolute atomic E-state index is 11.9. The molecular weight excluding hydrogens is 368 g/mol. The van der Waals surface area contributed by atoms with E-state index < -0.39 is 10.5 Å². The van der Waals surface area contributed by atoms with Crippen LogP contribution in [0.3, 0.4) is 0 Å². The number of rotatable bonds is 5. The van der Waals surface area contributed by atoms with Crippen molar-refractivity contribution in [2.75, 3.05) is 5.75 Å². The van der Waals surface area contributed by atoms with Crippen molar-refractivity contribution in [2.45, 2.75) is 32.8 Å². The van der Waals surface area contributed by atoms with E-state index in [0.717, 1.165) is 29.8 Å². The van der Waals surface area contributed by atoms with Gasteiger partial charge in [-0.05, 0) is 38.6 Å². The van der Waals surface area contributed by atoms with E-state index >= 15 is 0 Å². The fourth-order valence-corrected chi connectivity index (χ4v) is 3.39. The lowest BCUT2D eigenvalue weighted by molar-refractivity contribution is -0.385. The monoisotopic (exact) mass is 384 g/mol. The van der Waals surface area contributed by atoms with Crippen LogP contribution in [0.15, 0.2) is 33.5 Å². The molecule has 0 saturated heterocycles. The highest BCUT2D eigenvalue weighted by atomic mass is 32.2. The third kappa shape index (κ3) is 6.05. The summed E-state index contributed by atoms with van der Waals surface area (Å²) in [5.74, 6) is 0.0456. The lowest BCUT2D eigenvalue weighted by Gasteiger charge is -2.19. The predicted molar refractivity (Wildman–Crippen MR) is 95.5 cm³/mol. The Labute approximate surface area is 152 Å². The first-order valence-corrected chi connectivity index (χ1v) is 9.02. The van der Waals surface area contributed by atoms with Crippen LogP contribution in [0.1, 0.15) is 26.5 Å². The van der Waals surface area contributed by atoms with Gasteiger partial charge in [0.2, 0.25) is 5.12 Å². The van der Waals surface area contributed by atoms with Crippen LogP contribution in [0, 0.1) is 10.1 Å². The molecule has 0 saturated carbocycles. The second kappa shape index (κ2) is 7.87. The SMILES string of the molecule is CC(C)(C)OC(=O)CSC1=N/C(=C\Cc2cc([N+](=O)[O-])co2)C(=O)S1. The standard InChI is InChI=1S/C15H16N2O6S2/c1-15(2,3)23-12(18)8-24-14-16-11(13(19)25-14)5-4-10-6-9(7-22-10)17(20)21/h5-7H,4,8H2,1-3H3/b11-5-. The molecule has 1 aliphatic heterocycles. The Balaban J connectivity index is 1.92. The fourth-order valence-electron chi connectivity index (χ4n) is 1.75. The molecule has 0 aliphatic carbocycles. The van der Waals surface area contributed by atoms with E-state index in [2.05, 4.69) is 4.99 Å². The summed E-state index contributed by atoms with van der Waals surface area (Å²) >= 11 is 2.07. The summed E-state index contributed by atoms with van der Waals surface area (Å²) in [5, 5.41) is 10.4. The van der Waals surface area contributed by atoms with Crippen molar-refractivity contribution in [2.24, 2.45) is 4.99 Å². The molecule has 1 aliphatic rings. The number of hydrogen-bond donors (Lipinski definition) is 0. The zero-order valence-corrected chi connectivity index (χ0v) is 15.4. The molecule has 8 nitrogen and oxygen atoms in total. The summed E-state index contributed by atoms with van der Waals surface area (Å²) in [6.45, 7) is 5.34. The molecule has 0 fully saturated rings. The minimum Gasteiger partial charge on any atom is -0.462 e. The summed E-state index contributed by atoms with van der Waals surface area (Å²) < 4.78 is 10.7. The molecular formula is C15H16N2O6S2. The minimum absolute atomic E-state index is 0.0635. The van der Waals surface area contributed by atoms with Gasteiger partial charge in [0.1, 0.15) is 21.4 Å². The molecule has 1 aromatic rings. The van der Waals surface area contributed by atoms with Crippen molar-refractivity contribution in [1.82, 2.24) is 0 Å². The van der Waals surface area contributed by atoms with Crippen LogP contribution in [0.4, 0.5) is 5.69 Å². The molecule has 0 aromatic carbocycles. The van der Waals surface area contributed by atoms with Gasteiger partial charge < -0.3 is 9.15 Å². The second-order valence-electron chi connectivity index (χ2n) is 5.96. The molecule has 0 amide bonds. The van der Waals surface area contributed by atoms with E-state index in [1.807, 2.05) is 0 Å². The van der Waals surface area contributed by atoms with Gasteiger partial charge in [-0.15, -0.1) is 0 Å². The average molecular weight is 384 g/mol. The summed E-state index contributed by atoms with van der Waals surface area (Å²) in [5.41, 5.74) is -0.470. The smallest absolute Gasteiger partial charge is 0.316 e. The van der Waals surface area contributed by atoms with Gasteiger partial charge in [0, 0.05) is 6.42 Å². The van der Waals surface area contributed by atoms with E-state index in [4.69, 9.17) is 9.15 Å². The Hall–Kier alpha value is -2.07. The number of nitrogens with zero attached hydrogens (tertiary/aromatic N) is 2. The largest absolute Gasteiger partial charge is 0.462 e. The van der Waals surface area contributed by atoms with Crippen molar-refractivity contribution in [1.29, 1.82) is 0 Å². The first kappa shape index (κ1) is 19.3. The van der Waals surface area contributed by atoms with Crippen LogP contribution < -0.4 is 0 Å². The van der Waals surface area contributed by atoms with Gasteiger partial charge in [0.05, 0.1) is 16.7 Å². The first-order chi connectivity index (χ1) is 11.6. The number of ether oxygens (including phenoxy) is 1. The summed E-state index contributed by atoms with van der Waals surface area (Å²) in [6, 6.07) is 1.30. The quantitative estimate of drug-likeness (QED) is 0.329. The van der Waals surface area contributed by atoms with E-state index in [1.54, 1.807) is 26.8 Å². The molecule has 0 atom stereocenters. The van der Waals surface area contributed by atoms with Crippen LogP contribution in [0.2, 0.25) is 0 Å². The lowest BCUT2D eigenvalue weighted by Crippen LogP contribution is -2.25. The van der Waals surface area contributed by atoms with Crippen molar-refractivity contribution in [3.05, 3.63) is 40.0 Å². The number of thioether (sulfide) groups is 2. The number of hydrogen-bond acceptors (Lipinski definition) is 9. The Morgan fingerprint density at radius 3 is 2.84 bits per heavy atom. The van der Waals surface area contributed by atoms with Crippen molar-refractivity contribution in [3.8, 4) is 0 Å². The number of carbonyl (C=O) groups excluding carboxylic acids is 2. The summed E-state index contributed by atoms with van der Waals surface area (Å²) in [7, 11) is 0. The third-order valence-electron chi connectivity index (χ3n) is 2.68. The Bertz CT molecular complexity index is 760. The summed E-state index contributed by atoms with van der Waals surface area (Å²) in [6.07, 6.45) is 2.80. The molecule has 0 N–H and O–H groups in total. The number of carbonyl (C=O) groups is 2. The van der Waals surface area contributed by atoms with Gasteiger partial charge in [-0.25, -0.2) is 4.99 Å². The van der Waals surface area contributed by atoms with Gasteiger partial charge in [-0.2, -0.15) is 0 Å². The second-order valence-corrected chi connectivity index (χ2v) is 8.15. The van der Waals surface area contributed by atoms with Crippen LogP contribution in [-0.4, -0.2) is 31.7 Å². The maximum Gasteiger partial charge on any atom is 0.316 e. The highest BCUT2D eigenvalue weighted by Crippen LogP contribution is 2.30. The lowest BCUT2D eigenvalue weighted by atomic mass is 10.2. The van der Waals surface area contributed by atoms with Crippen molar-refractivity contribution >= 4 is 44.7 Å². The van der Waals surface area contributed by atoms with Gasteiger partial charge in [0.25, 0.3) is 0 Å². The Morgan fingerprint density at radius 1 is 1.52 bits per heavy atom. The highest BCUT2D eigenvalue weighted by Gasteiger charge is 2.24. The molecule has 2 rings (SSSR count). The van der Waals surface area contributed by atoms with Crippen LogP contribution in [-0.2, 0) is 20.7 Å². The molecule has 0 radical (unpaired) electrons. The predicted octanol–water partition coefficient (Wildman–Crippen LogP) is 3.32. The van der Waals surface area contributed by atoms with Gasteiger partial charge in [0.15, 0.2) is 6.26 Å². The van der Waals surface area contributed by atoms with Gasteiger partial charge in [-0.3, -0.25) is 19.7 Å². The Kier molecular flexibility index (Phi) is 6.07. The average Bonchev–Trinajstić information content (AvgIpc) is 3.08. The highest BCUT2D eigenvalue weighted by molar-refractivity contribution is 8.45. The number of aliphatic imine (C=N–C) groups is 1. The number of furan rings is 1. The van der Waals surface area contributed by atoms with E-state index in [-0.39, 0.29) is 34.6 Å². The molecule has 134 valence electrons. The molecule has 1 aromatic heterocycles. The number of allylic oxidation sites excluding steroid dienone is 1. The number of nitro groups is 1. The Morgan fingerprint density at radius 2 is 2.24 bits per heavy atom. The first-order valence-electron chi connectivity index (χ1n) is 7.21. The zero-order valence-electron chi connectivity index (χ0n) is 13.8. The molecule has 25 heavy (non-hydrogen) atoms. The normalized spacial score (nSPS) is 16.2. The molecule has 2 heterocycles. The maximum atomic E-state index is 11.9. The van der Waals surface area contributed by atoms with Crippen LogP contribution in [0.25, 0.3) is 0 Å². The van der Waals surface area contributed by atoms with E-state index in [1.165, 1.54) is 6.07 Å². The molecule has 10 heteroatoms. The fraction of sp³-hybridized carbons (Fsp3) is 0.400. The van der Waals surface area contributed by atoms with Gasteiger partial charge in [-0.1, -0.05) is 11.8 Å². The third-order valence-corrected chi connectivity index (χ3v) is 4.66. The number of esters is 1. The topological polar surface area (TPSA) is 112 Å². The molecule has 0 bridgehead atoms. The van der Waals surface area contributed by atoms with E-state index in [9.17, 15) is 19.7 Å². The van der Waals surface area contributed by atoms with Gasteiger partial charge >= 0.3 is 11.7 Å². The summed E-state index contributed by atoms with van der Waals surface area (Å²) in [4.78, 5) is 37.8. The minimum atomic E-state index is -0.561. The van der Waals surface area contributed by atoms with Crippen LogP contribution >= 0.6 is 23.5 Å². The van der Waals surface area contributed by atoms with E-state index in [0.29, 0.717) is 10.1 Å². The van der Waals surface area contributed by atoms with Crippen molar-refractivity contribution < 1.29 is 23.7 Å². The van der Waals surface area contributed by atoms with Crippen LogP contribution in [0.5, 0.6) is 0 Å². The molecule has 0 spiro atoms.